The van der Waals surface area contributed by atoms with E-state index in [0.29, 0.717) is 5.76 Å². The summed E-state index contributed by atoms with van der Waals surface area (Å²) in [4.78, 5) is 47.1. The Bertz CT molecular complexity index is 1490. The molecular formula is C20H16N6O6S. The molecule has 0 aliphatic rings. The van der Waals surface area contributed by atoms with Gasteiger partial charge in [0.15, 0.2) is 0 Å². The Morgan fingerprint density at radius 3 is 2.45 bits per heavy atom. The van der Waals surface area contributed by atoms with Crippen molar-refractivity contribution in [1.82, 2.24) is 19.5 Å². The standard InChI is InChI=1S/C20H16N6O6S/c27-17(16-11-23-20(29)26(18(16)28)12-14-3-1-10-32-14)24-13-4-6-15(7-5-13)33(30,31)25-19-21-8-2-9-22-19/h1-11H,12H2,(H,23,29)(H,24,27)(H,21,22,25). The van der Waals surface area contributed by atoms with E-state index in [1.54, 1.807) is 18.2 Å². The van der Waals surface area contributed by atoms with Crippen LogP contribution in [0.1, 0.15) is 16.1 Å². The fourth-order valence-electron chi connectivity index (χ4n) is 2.82. The molecule has 168 valence electrons. The van der Waals surface area contributed by atoms with E-state index < -0.39 is 27.2 Å². The summed E-state index contributed by atoms with van der Waals surface area (Å²) < 4.78 is 33.1. The maximum absolute atomic E-state index is 12.6. The fraction of sp³-hybridized carbons (Fsp3) is 0.0500. The van der Waals surface area contributed by atoms with E-state index in [4.69, 9.17) is 4.42 Å². The number of furan rings is 1. The van der Waals surface area contributed by atoms with Gasteiger partial charge in [0, 0.05) is 24.3 Å². The summed E-state index contributed by atoms with van der Waals surface area (Å²) >= 11 is 0. The number of carbonyl (C=O) groups is 1. The van der Waals surface area contributed by atoms with Crippen molar-refractivity contribution >= 4 is 27.6 Å². The number of amides is 1. The molecule has 4 aromatic rings. The predicted molar refractivity (Wildman–Crippen MR) is 116 cm³/mol. The number of aromatic nitrogens is 4. The number of hydrogen-bond donors (Lipinski definition) is 3. The number of carbonyl (C=O) groups excluding carboxylic acids is 1. The van der Waals surface area contributed by atoms with E-state index in [1.165, 1.54) is 42.9 Å². The van der Waals surface area contributed by atoms with Crippen molar-refractivity contribution in [2.75, 3.05) is 10.0 Å². The van der Waals surface area contributed by atoms with Crippen LogP contribution in [0.5, 0.6) is 0 Å². The molecule has 33 heavy (non-hydrogen) atoms. The summed E-state index contributed by atoms with van der Waals surface area (Å²) in [5, 5.41) is 2.50. The van der Waals surface area contributed by atoms with Gasteiger partial charge in [0.25, 0.3) is 21.5 Å². The third-order valence-electron chi connectivity index (χ3n) is 4.41. The van der Waals surface area contributed by atoms with E-state index in [1.807, 2.05) is 0 Å². The molecule has 0 atom stereocenters. The van der Waals surface area contributed by atoms with Crippen LogP contribution in [-0.2, 0) is 16.6 Å². The Kier molecular flexibility index (Phi) is 5.87. The van der Waals surface area contributed by atoms with Gasteiger partial charge in [-0.3, -0.25) is 14.2 Å². The van der Waals surface area contributed by atoms with Gasteiger partial charge in [0.2, 0.25) is 5.95 Å². The minimum Gasteiger partial charge on any atom is -0.467 e. The van der Waals surface area contributed by atoms with Crippen LogP contribution >= 0.6 is 0 Å². The fourth-order valence-corrected chi connectivity index (χ4v) is 3.78. The highest BCUT2D eigenvalue weighted by atomic mass is 32.2. The number of nitrogens with one attached hydrogen (secondary N) is 3. The van der Waals surface area contributed by atoms with Gasteiger partial charge in [-0.15, -0.1) is 0 Å². The van der Waals surface area contributed by atoms with Crippen LogP contribution in [-0.4, -0.2) is 33.8 Å². The highest BCUT2D eigenvalue weighted by Crippen LogP contribution is 2.16. The highest BCUT2D eigenvalue weighted by molar-refractivity contribution is 7.92. The molecule has 3 heterocycles. The highest BCUT2D eigenvalue weighted by Gasteiger charge is 2.18. The largest absolute Gasteiger partial charge is 0.467 e. The zero-order valence-electron chi connectivity index (χ0n) is 16.8. The molecule has 1 amide bonds. The summed E-state index contributed by atoms with van der Waals surface area (Å²) in [6.07, 6.45) is 5.20. The van der Waals surface area contributed by atoms with E-state index in [-0.39, 0.29) is 28.6 Å². The summed E-state index contributed by atoms with van der Waals surface area (Å²) in [5.74, 6) is -0.499. The van der Waals surface area contributed by atoms with Gasteiger partial charge in [-0.1, -0.05) is 0 Å². The van der Waals surface area contributed by atoms with Crippen LogP contribution < -0.4 is 21.3 Å². The monoisotopic (exact) mass is 468 g/mol. The molecule has 0 aliphatic heterocycles. The van der Waals surface area contributed by atoms with Crippen LogP contribution in [0.4, 0.5) is 11.6 Å². The lowest BCUT2D eigenvalue weighted by Crippen LogP contribution is -2.39. The van der Waals surface area contributed by atoms with Gasteiger partial charge in [-0.25, -0.2) is 27.9 Å². The number of sulfonamides is 1. The minimum absolute atomic E-state index is 0.0845. The van der Waals surface area contributed by atoms with Gasteiger partial charge in [0.1, 0.15) is 11.3 Å². The van der Waals surface area contributed by atoms with Crippen LogP contribution in [0.15, 0.2) is 86.2 Å². The van der Waals surface area contributed by atoms with Crippen molar-refractivity contribution in [2.24, 2.45) is 0 Å². The van der Waals surface area contributed by atoms with E-state index >= 15 is 0 Å². The minimum atomic E-state index is -3.94. The molecule has 3 N–H and O–H groups in total. The number of rotatable bonds is 7. The lowest BCUT2D eigenvalue weighted by molar-refractivity contribution is 0.102. The first-order chi connectivity index (χ1) is 15.8. The molecule has 0 unspecified atom stereocenters. The quantitative estimate of drug-likeness (QED) is 0.361. The summed E-state index contributed by atoms with van der Waals surface area (Å²) in [6.45, 7) is -0.146. The number of benzene rings is 1. The number of H-pyrrole nitrogens is 1. The van der Waals surface area contributed by atoms with Crippen molar-refractivity contribution in [3.8, 4) is 0 Å². The number of anilines is 2. The Morgan fingerprint density at radius 2 is 1.79 bits per heavy atom. The molecule has 13 heteroatoms. The zero-order chi connectivity index (χ0) is 23.4. The van der Waals surface area contributed by atoms with Gasteiger partial charge in [-0.2, -0.15) is 0 Å². The molecule has 0 saturated heterocycles. The first-order valence-corrected chi connectivity index (χ1v) is 10.9. The van der Waals surface area contributed by atoms with Gasteiger partial charge >= 0.3 is 5.69 Å². The van der Waals surface area contributed by atoms with E-state index in [2.05, 4.69) is 25.0 Å². The average Bonchev–Trinajstić information content (AvgIpc) is 3.31. The molecule has 0 saturated carbocycles. The van der Waals surface area contributed by atoms with Gasteiger partial charge in [-0.05, 0) is 42.5 Å². The average molecular weight is 468 g/mol. The molecule has 1 aromatic carbocycles. The first kappa shape index (κ1) is 21.7. The Labute approximate surface area is 186 Å². The molecule has 0 aliphatic carbocycles. The van der Waals surface area contributed by atoms with Crippen molar-refractivity contribution in [2.45, 2.75) is 11.4 Å². The number of hydrogen-bond acceptors (Lipinski definition) is 8. The smallest absolute Gasteiger partial charge is 0.328 e. The third-order valence-corrected chi connectivity index (χ3v) is 5.76. The lowest BCUT2D eigenvalue weighted by atomic mass is 10.2. The molecule has 3 aromatic heterocycles. The van der Waals surface area contributed by atoms with Gasteiger partial charge < -0.3 is 14.7 Å². The maximum Gasteiger partial charge on any atom is 0.328 e. The summed E-state index contributed by atoms with van der Waals surface area (Å²) in [7, 11) is -3.94. The second-order valence-corrected chi connectivity index (χ2v) is 8.32. The maximum atomic E-state index is 12.6. The molecule has 12 nitrogen and oxygen atoms in total. The Balaban J connectivity index is 1.51. The second-order valence-electron chi connectivity index (χ2n) is 6.63. The van der Waals surface area contributed by atoms with Crippen LogP contribution in [0.25, 0.3) is 0 Å². The van der Waals surface area contributed by atoms with Crippen LogP contribution in [0.2, 0.25) is 0 Å². The first-order valence-electron chi connectivity index (χ1n) is 9.40. The van der Waals surface area contributed by atoms with Crippen molar-refractivity contribution in [3.63, 3.8) is 0 Å². The molecule has 4 rings (SSSR count). The third kappa shape index (κ3) is 4.88. The molecular weight excluding hydrogens is 452 g/mol. The van der Waals surface area contributed by atoms with Crippen molar-refractivity contribution < 1.29 is 17.6 Å². The Hall–Kier alpha value is -4.52. The molecule has 0 spiro atoms. The Morgan fingerprint density at radius 1 is 1.06 bits per heavy atom. The van der Waals surface area contributed by atoms with Crippen molar-refractivity contribution in [3.05, 3.63) is 99.5 Å². The molecule has 0 bridgehead atoms. The summed E-state index contributed by atoms with van der Waals surface area (Å²) in [6, 6.07) is 9.98. The molecule has 0 fully saturated rings. The van der Waals surface area contributed by atoms with Gasteiger partial charge in [0.05, 0.1) is 17.7 Å². The normalized spacial score (nSPS) is 11.2. The SMILES string of the molecule is O=C(Nc1ccc(S(=O)(=O)Nc2ncccn2)cc1)c1c[nH]c(=O)n(Cc2ccco2)c1=O. The predicted octanol–water partition coefficient (Wildman–Crippen LogP) is 1.02. The van der Waals surface area contributed by atoms with Crippen molar-refractivity contribution in [1.29, 1.82) is 0 Å². The zero-order valence-corrected chi connectivity index (χ0v) is 17.6. The summed E-state index contributed by atoms with van der Waals surface area (Å²) in [5.41, 5.74) is -1.57. The lowest BCUT2D eigenvalue weighted by Gasteiger charge is -2.09. The molecule has 0 radical (unpaired) electrons. The van der Waals surface area contributed by atoms with E-state index in [9.17, 15) is 22.8 Å². The van der Waals surface area contributed by atoms with Crippen LogP contribution in [0.3, 0.4) is 0 Å². The van der Waals surface area contributed by atoms with E-state index in [0.717, 1.165) is 10.8 Å². The second kappa shape index (κ2) is 8.92. The van der Waals surface area contributed by atoms with Crippen LogP contribution in [0, 0.1) is 0 Å². The number of aromatic amines is 1. The number of nitrogens with zero attached hydrogens (tertiary/aromatic N) is 3. The topological polar surface area (TPSA) is 169 Å².